The van der Waals surface area contributed by atoms with Gasteiger partial charge in [0.15, 0.2) is 0 Å². The lowest BCUT2D eigenvalue weighted by molar-refractivity contribution is 0.799. The average molecular weight is 222 g/mol. The largest absolute Gasteiger partial charge is 0.341 e. The number of nitrogens with zero attached hydrogens (tertiary/aromatic N) is 2. The van der Waals surface area contributed by atoms with Gasteiger partial charge in [0.2, 0.25) is 0 Å². The van der Waals surface area contributed by atoms with Gasteiger partial charge in [0.25, 0.3) is 0 Å². The minimum Gasteiger partial charge on any atom is -0.341 e. The van der Waals surface area contributed by atoms with Crippen LogP contribution in [0.3, 0.4) is 0 Å². The summed E-state index contributed by atoms with van der Waals surface area (Å²) in [7, 11) is 0. The summed E-state index contributed by atoms with van der Waals surface area (Å²) in [5, 5.41) is 1.28. The van der Waals surface area contributed by atoms with Gasteiger partial charge in [-0.05, 0) is 36.1 Å². The Kier molecular flexibility index (Phi) is 2.41. The number of hydrogen-bond donors (Lipinski definition) is 0. The molecule has 2 heteroatoms. The Labute approximate surface area is 101 Å². The lowest BCUT2D eigenvalue weighted by Crippen LogP contribution is -2.02. The highest BCUT2D eigenvalue weighted by molar-refractivity contribution is 5.79. The Morgan fingerprint density at radius 2 is 1.94 bits per heavy atom. The SMILES string of the molecule is Cc1cccnc1Cn1ccc2ccccc21. The molecule has 2 heterocycles. The van der Waals surface area contributed by atoms with Crippen molar-refractivity contribution < 1.29 is 0 Å². The second-order valence-corrected chi connectivity index (χ2v) is 4.27. The van der Waals surface area contributed by atoms with Crippen molar-refractivity contribution in [3.63, 3.8) is 0 Å². The van der Waals surface area contributed by atoms with Crippen LogP contribution in [-0.2, 0) is 6.54 Å². The van der Waals surface area contributed by atoms with Gasteiger partial charge in [-0.3, -0.25) is 4.98 Å². The molecule has 0 saturated heterocycles. The Morgan fingerprint density at radius 3 is 2.82 bits per heavy atom. The van der Waals surface area contributed by atoms with Crippen LogP contribution in [0, 0.1) is 6.92 Å². The summed E-state index contributed by atoms with van der Waals surface area (Å²) in [5.41, 5.74) is 3.64. The maximum absolute atomic E-state index is 4.44. The zero-order chi connectivity index (χ0) is 11.7. The van der Waals surface area contributed by atoms with E-state index in [0.717, 1.165) is 12.2 Å². The fourth-order valence-corrected chi connectivity index (χ4v) is 2.12. The summed E-state index contributed by atoms with van der Waals surface area (Å²) < 4.78 is 2.24. The number of fused-ring (bicyclic) bond motifs is 1. The number of para-hydroxylation sites is 1. The van der Waals surface area contributed by atoms with Gasteiger partial charge in [0.05, 0.1) is 12.2 Å². The number of hydrogen-bond acceptors (Lipinski definition) is 1. The molecule has 0 aliphatic carbocycles. The zero-order valence-electron chi connectivity index (χ0n) is 9.80. The molecule has 0 N–H and O–H groups in total. The number of rotatable bonds is 2. The highest BCUT2D eigenvalue weighted by Gasteiger charge is 2.03. The van der Waals surface area contributed by atoms with Crippen LogP contribution in [0.15, 0.2) is 54.9 Å². The first-order chi connectivity index (χ1) is 8.34. The number of aromatic nitrogens is 2. The van der Waals surface area contributed by atoms with E-state index in [2.05, 4.69) is 59.1 Å². The fourth-order valence-electron chi connectivity index (χ4n) is 2.12. The third kappa shape index (κ3) is 1.82. The van der Waals surface area contributed by atoms with Crippen LogP contribution in [-0.4, -0.2) is 9.55 Å². The number of benzene rings is 1. The second kappa shape index (κ2) is 4.06. The molecule has 0 amide bonds. The molecule has 0 bridgehead atoms. The highest BCUT2D eigenvalue weighted by atomic mass is 15.0. The third-order valence-electron chi connectivity index (χ3n) is 3.12. The normalized spacial score (nSPS) is 10.9. The predicted octanol–water partition coefficient (Wildman–Crippen LogP) is 3.39. The maximum Gasteiger partial charge on any atom is 0.0651 e. The Hall–Kier alpha value is -2.09. The van der Waals surface area contributed by atoms with Crippen LogP contribution < -0.4 is 0 Å². The molecule has 0 saturated carbocycles. The summed E-state index contributed by atoms with van der Waals surface area (Å²) in [5.74, 6) is 0. The summed E-state index contributed by atoms with van der Waals surface area (Å²) in [4.78, 5) is 4.44. The third-order valence-corrected chi connectivity index (χ3v) is 3.12. The van der Waals surface area contributed by atoms with Gasteiger partial charge >= 0.3 is 0 Å². The summed E-state index contributed by atoms with van der Waals surface area (Å²) in [6, 6.07) is 14.7. The molecule has 0 unspecified atom stereocenters. The lowest BCUT2D eigenvalue weighted by Gasteiger charge is -2.07. The molecule has 0 radical (unpaired) electrons. The van der Waals surface area contributed by atoms with Crippen LogP contribution in [0.25, 0.3) is 10.9 Å². The molecule has 84 valence electrons. The Morgan fingerprint density at radius 1 is 1.06 bits per heavy atom. The van der Waals surface area contributed by atoms with Crippen molar-refractivity contribution in [3.8, 4) is 0 Å². The van der Waals surface area contributed by atoms with E-state index < -0.39 is 0 Å². The number of aryl methyl sites for hydroxylation is 1. The molecular formula is C15H14N2. The topological polar surface area (TPSA) is 17.8 Å². The van der Waals surface area contributed by atoms with E-state index in [0.29, 0.717) is 0 Å². The van der Waals surface area contributed by atoms with Crippen LogP contribution >= 0.6 is 0 Å². The van der Waals surface area contributed by atoms with Crippen LogP contribution in [0.5, 0.6) is 0 Å². The van der Waals surface area contributed by atoms with E-state index in [1.807, 2.05) is 12.3 Å². The van der Waals surface area contributed by atoms with Gasteiger partial charge in [0, 0.05) is 17.9 Å². The predicted molar refractivity (Wildman–Crippen MR) is 70.0 cm³/mol. The quantitative estimate of drug-likeness (QED) is 0.650. The maximum atomic E-state index is 4.44. The first-order valence-electron chi connectivity index (χ1n) is 5.79. The van der Waals surface area contributed by atoms with Gasteiger partial charge in [-0.15, -0.1) is 0 Å². The van der Waals surface area contributed by atoms with Crippen LogP contribution in [0.1, 0.15) is 11.3 Å². The smallest absolute Gasteiger partial charge is 0.0651 e. The van der Waals surface area contributed by atoms with E-state index in [4.69, 9.17) is 0 Å². The molecule has 2 aromatic heterocycles. The van der Waals surface area contributed by atoms with Crippen molar-refractivity contribution in [2.45, 2.75) is 13.5 Å². The lowest BCUT2D eigenvalue weighted by atomic mass is 10.2. The van der Waals surface area contributed by atoms with Gasteiger partial charge in [-0.25, -0.2) is 0 Å². The first-order valence-corrected chi connectivity index (χ1v) is 5.79. The molecular weight excluding hydrogens is 208 g/mol. The van der Waals surface area contributed by atoms with Crippen molar-refractivity contribution in [2.75, 3.05) is 0 Å². The van der Waals surface area contributed by atoms with Gasteiger partial charge in [-0.1, -0.05) is 24.3 Å². The van der Waals surface area contributed by atoms with Crippen molar-refractivity contribution >= 4 is 10.9 Å². The molecule has 2 nitrogen and oxygen atoms in total. The minimum atomic E-state index is 0.834. The second-order valence-electron chi connectivity index (χ2n) is 4.27. The highest BCUT2D eigenvalue weighted by Crippen LogP contribution is 2.17. The molecule has 3 aromatic rings. The van der Waals surface area contributed by atoms with Crippen molar-refractivity contribution in [3.05, 3.63) is 66.1 Å². The Balaban J connectivity index is 2.03. The van der Waals surface area contributed by atoms with E-state index in [1.165, 1.54) is 16.5 Å². The molecule has 3 rings (SSSR count). The van der Waals surface area contributed by atoms with Crippen LogP contribution in [0.2, 0.25) is 0 Å². The average Bonchev–Trinajstić information content (AvgIpc) is 2.76. The minimum absolute atomic E-state index is 0.834. The molecule has 0 aliphatic rings. The van der Waals surface area contributed by atoms with E-state index in [9.17, 15) is 0 Å². The van der Waals surface area contributed by atoms with E-state index in [1.54, 1.807) is 0 Å². The monoisotopic (exact) mass is 222 g/mol. The van der Waals surface area contributed by atoms with E-state index >= 15 is 0 Å². The molecule has 0 aliphatic heterocycles. The standard InChI is InChI=1S/C15H14N2/c1-12-5-4-9-16-14(12)11-17-10-8-13-6-2-3-7-15(13)17/h2-10H,11H2,1H3. The van der Waals surface area contributed by atoms with Gasteiger partial charge < -0.3 is 4.57 Å². The molecule has 0 fully saturated rings. The van der Waals surface area contributed by atoms with Crippen molar-refractivity contribution in [1.29, 1.82) is 0 Å². The van der Waals surface area contributed by atoms with Crippen LogP contribution in [0.4, 0.5) is 0 Å². The summed E-state index contributed by atoms with van der Waals surface area (Å²) in [6.07, 6.45) is 3.98. The molecule has 0 spiro atoms. The molecule has 0 atom stereocenters. The van der Waals surface area contributed by atoms with Gasteiger partial charge in [-0.2, -0.15) is 0 Å². The molecule has 1 aromatic carbocycles. The number of pyridine rings is 1. The van der Waals surface area contributed by atoms with E-state index in [-0.39, 0.29) is 0 Å². The Bertz CT molecular complexity index is 653. The molecule has 17 heavy (non-hydrogen) atoms. The fraction of sp³-hybridized carbons (Fsp3) is 0.133. The van der Waals surface area contributed by atoms with Crippen molar-refractivity contribution in [1.82, 2.24) is 9.55 Å². The first kappa shape index (κ1) is 10.1. The van der Waals surface area contributed by atoms with Crippen molar-refractivity contribution in [2.24, 2.45) is 0 Å². The summed E-state index contributed by atoms with van der Waals surface area (Å²) >= 11 is 0. The zero-order valence-corrected chi connectivity index (χ0v) is 9.80. The van der Waals surface area contributed by atoms with Gasteiger partial charge in [0.1, 0.15) is 0 Å². The summed E-state index contributed by atoms with van der Waals surface area (Å²) in [6.45, 7) is 2.94.